The third-order valence-corrected chi connectivity index (χ3v) is 3.75. The number of aromatic amines is 1. The summed E-state index contributed by atoms with van der Waals surface area (Å²) in [5.74, 6) is -0.483. The summed E-state index contributed by atoms with van der Waals surface area (Å²) in [6, 6.07) is 2.74. The molecule has 2 rings (SSSR count). The van der Waals surface area contributed by atoms with Gasteiger partial charge in [-0.25, -0.2) is 0 Å². The fourth-order valence-corrected chi connectivity index (χ4v) is 2.42. The van der Waals surface area contributed by atoms with Gasteiger partial charge in [-0.05, 0) is 19.1 Å². The molecule has 0 aliphatic rings. The molecule has 0 aliphatic heterocycles. The van der Waals surface area contributed by atoms with Crippen molar-refractivity contribution in [2.45, 2.75) is 6.92 Å². The Bertz CT molecular complexity index is 731. The molecular formula is C12H9Cl3N2O2. The number of nitrogens with zero attached hydrogens (tertiary/aromatic N) is 1. The first-order valence-corrected chi connectivity index (χ1v) is 6.41. The van der Waals surface area contributed by atoms with Gasteiger partial charge in [0.05, 0.1) is 15.1 Å². The molecule has 0 saturated carbocycles. The molecule has 0 spiro atoms. The molecule has 0 unspecified atom stereocenters. The zero-order valence-electron chi connectivity index (χ0n) is 10.1. The largest absolute Gasteiger partial charge is 0.299 e. The minimum atomic E-state index is -0.483. The van der Waals surface area contributed by atoms with Crippen LogP contribution in [0.1, 0.15) is 21.6 Å². The molecular weight excluding hydrogens is 311 g/mol. The van der Waals surface area contributed by atoms with Crippen molar-refractivity contribution < 1.29 is 4.79 Å². The summed E-state index contributed by atoms with van der Waals surface area (Å²) in [5.41, 5.74) is 0.253. The lowest BCUT2D eigenvalue weighted by Gasteiger charge is -2.04. The number of hydrogen-bond acceptors (Lipinski definition) is 2. The van der Waals surface area contributed by atoms with E-state index in [1.54, 1.807) is 6.92 Å². The van der Waals surface area contributed by atoms with Gasteiger partial charge in [0.2, 0.25) is 5.78 Å². The molecule has 1 aromatic carbocycles. The number of H-pyrrole nitrogens is 1. The van der Waals surface area contributed by atoms with Crippen LogP contribution in [0, 0.1) is 6.92 Å². The molecule has 2 aromatic rings. The van der Waals surface area contributed by atoms with Crippen LogP contribution < -0.4 is 5.56 Å². The number of aryl methyl sites for hydroxylation is 2. The van der Waals surface area contributed by atoms with Crippen LogP contribution in [0.4, 0.5) is 0 Å². The van der Waals surface area contributed by atoms with E-state index in [2.05, 4.69) is 5.10 Å². The van der Waals surface area contributed by atoms with E-state index in [1.165, 1.54) is 23.9 Å². The molecule has 0 saturated heterocycles. The van der Waals surface area contributed by atoms with Crippen molar-refractivity contribution in [2.75, 3.05) is 0 Å². The summed E-state index contributed by atoms with van der Waals surface area (Å²) in [7, 11) is 1.53. The summed E-state index contributed by atoms with van der Waals surface area (Å²) >= 11 is 17.6. The summed E-state index contributed by atoms with van der Waals surface area (Å²) in [6.45, 7) is 1.64. The van der Waals surface area contributed by atoms with Gasteiger partial charge in [-0.1, -0.05) is 34.8 Å². The molecule has 0 fully saturated rings. The summed E-state index contributed by atoms with van der Waals surface area (Å²) in [6.07, 6.45) is 0. The third-order valence-electron chi connectivity index (χ3n) is 2.71. The van der Waals surface area contributed by atoms with Gasteiger partial charge < -0.3 is 0 Å². The fraction of sp³-hybridized carbons (Fsp3) is 0.167. The molecule has 1 N–H and O–H groups in total. The Morgan fingerprint density at radius 1 is 1.16 bits per heavy atom. The Hall–Kier alpha value is -1.23. The smallest absolute Gasteiger partial charge is 0.277 e. The van der Waals surface area contributed by atoms with Crippen LogP contribution in [0.25, 0.3) is 0 Å². The van der Waals surface area contributed by atoms with Gasteiger partial charge in [0.1, 0.15) is 5.56 Å². The molecule has 0 bridgehead atoms. The van der Waals surface area contributed by atoms with Crippen LogP contribution >= 0.6 is 34.8 Å². The number of hydrogen-bond donors (Lipinski definition) is 1. The van der Waals surface area contributed by atoms with Gasteiger partial charge in [-0.15, -0.1) is 0 Å². The van der Waals surface area contributed by atoms with Crippen LogP contribution in [-0.4, -0.2) is 15.6 Å². The number of aromatic nitrogens is 2. The van der Waals surface area contributed by atoms with Crippen molar-refractivity contribution in [1.29, 1.82) is 0 Å². The average Bonchev–Trinajstić information content (AvgIpc) is 2.57. The number of halogens is 3. The van der Waals surface area contributed by atoms with E-state index < -0.39 is 11.3 Å². The quantitative estimate of drug-likeness (QED) is 0.682. The second kappa shape index (κ2) is 5.04. The maximum Gasteiger partial charge on any atom is 0.277 e. The Morgan fingerprint density at radius 2 is 1.74 bits per heavy atom. The molecule has 7 heteroatoms. The van der Waals surface area contributed by atoms with Gasteiger partial charge in [-0.2, -0.15) is 0 Å². The van der Waals surface area contributed by atoms with Crippen molar-refractivity contribution in [3.8, 4) is 0 Å². The molecule has 0 amide bonds. The van der Waals surface area contributed by atoms with E-state index >= 15 is 0 Å². The zero-order chi connectivity index (χ0) is 14.3. The molecule has 1 aromatic heterocycles. The van der Waals surface area contributed by atoms with Crippen molar-refractivity contribution in [1.82, 2.24) is 9.78 Å². The monoisotopic (exact) mass is 318 g/mol. The first kappa shape index (κ1) is 14.2. The lowest BCUT2D eigenvalue weighted by molar-refractivity contribution is 0.103. The van der Waals surface area contributed by atoms with Crippen molar-refractivity contribution in [3.63, 3.8) is 0 Å². The number of rotatable bonds is 2. The standard InChI is InChI=1S/C12H9Cl3N2O2/c1-5-10(12(19)17(2)16-5)11(18)6-3-8(14)9(15)4-7(6)13/h3-4,16H,1-2H3. The van der Waals surface area contributed by atoms with E-state index in [0.717, 1.165) is 0 Å². The van der Waals surface area contributed by atoms with Crippen LogP contribution in [0.15, 0.2) is 16.9 Å². The maximum absolute atomic E-state index is 12.4. The van der Waals surface area contributed by atoms with Crippen molar-refractivity contribution in [2.24, 2.45) is 7.05 Å². The molecule has 4 nitrogen and oxygen atoms in total. The Morgan fingerprint density at radius 3 is 2.26 bits per heavy atom. The van der Waals surface area contributed by atoms with Crippen LogP contribution in [0.3, 0.4) is 0 Å². The van der Waals surface area contributed by atoms with Crippen LogP contribution in [0.5, 0.6) is 0 Å². The van der Waals surface area contributed by atoms with Crippen molar-refractivity contribution in [3.05, 3.63) is 54.4 Å². The van der Waals surface area contributed by atoms with Crippen molar-refractivity contribution >= 4 is 40.6 Å². The first-order chi connectivity index (χ1) is 8.82. The minimum Gasteiger partial charge on any atom is -0.299 e. The van der Waals surface area contributed by atoms with E-state index in [1.807, 2.05) is 0 Å². The summed E-state index contributed by atoms with van der Waals surface area (Å²) in [4.78, 5) is 24.2. The van der Waals surface area contributed by atoms with E-state index in [4.69, 9.17) is 34.8 Å². The highest BCUT2D eigenvalue weighted by molar-refractivity contribution is 6.44. The summed E-state index contributed by atoms with van der Waals surface area (Å²) < 4.78 is 1.23. The van der Waals surface area contributed by atoms with Crippen LogP contribution in [-0.2, 0) is 7.05 Å². The van der Waals surface area contributed by atoms with E-state index in [-0.39, 0.29) is 26.2 Å². The van der Waals surface area contributed by atoms with Gasteiger partial charge >= 0.3 is 0 Å². The fourth-order valence-electron chi connectivity index (χ4n) is 1.78. The Labute approximate surface area is 123 Å². The van der Waals surface area contributed by atoms with Gasteiger partial charge in [0.25, 0.3) is 5.56 Å². The number of benzene rings is 1. The minimum absolute atomic E-state index is 0.0442. The number of carbonyl (C=O) groups is 1. The number of carbonyl (C=O) groups excluding carboxylic acids is 1. The Balaban J connectivity index is 2.63. The molecule has 100 valence electrons. The first-order valence-electron chi connectivity index (χ1n) is 5.27. The molecule has 19 heavy (non-hydrogen) atoms. The molecule has 1 heterocycles. The lowest BCUT2D eigenvalue weighted by atomic mass is 10.0. The topological polar surface area (TPSA) is 54.9 Å². The predicted molar refractivity (Wildman–Crippen MR) is 75.7 cm³/mol. The maximum atomic E-state index is 12.4. The average molecular weight is 320 g/mol. The lowest BCUT2D eigenvalue weighted by Crippen LogP contribution is -2.19. The molecule has 0 radical (unpaired) electrons. The predicted octanol–water partition coefficient (Wildman–Crippen LogP) is 3.21. The van der Waals surface area contributed by atoms with Gasteiger partial charge in [0.15, 0.2) is 0 Å². The van der Waals surface area contributed by atoms with Gasteiger partial charge in [-0.3, -0.25) is 19.4 Å². The molecule has 0 atom stereocenters. The normalized spacial score (nSPS) is 10.8. The Kier molecular flexibility index (Phi) is 3.76. The van der Waals surface area contributed by atoms with E-state index in [0.29, 0.717) is 5.69 Å². The summed E-state index contributed by atoms with van der Waals surface area (Å²) in [5, 5.41) is 3.37. The van der Waals surface area contributed by atoms with Gasteiger partial charge in [0, 0.05) is 18.3 Å². The second-order valence-corrected chi connectivity index (χ2v) is 5.27. The second-order valence-electron chi connectivity index (χ2n) is 4.05. The highest BCUT2D eigenvalue weighted by Gasteiger charge is 2.22. The highest BCUT2D eigenvalue weighted by Crippen LogP contribution is 2.30. The van der Waals surface area contributed by atoms with E-state index in [9.17, 15) is 9.59 Å². The molecule has 0 aliphatic carbocycles. The SMILES string of the molecule is Cc1[nH]n(C)c(=O)c1C(=O)c1cc(Cl)c(Cl)cc1Cl. The third kappa shape index (κ3) is 2.43. The van der Waals surface area contributed by atoms with Crippen LogP contribution in [0.2, 0.25) is 15.1 Å². The number of nitrogens with one attached hydrogen (secondary N) is 1. The number of ketones is 1. The highest BCUT2D eigenvalue weighted by atomic mass is 35.5. The zero-order valence-corrected chi connectivity index (χ0v) is 12.3.